The van der Waals surface area contributed by atoms with E-state index in [1.54, 1.807) is 31.2 Å². The van der Waals surface area contributed by atoms with Crippen molar-refractivity contribution in [2.75, 3.05) is 4.72 Å². The fourth-order valence-corrected chi connectivity index (χ4v) is 3.42. The van der Waals surface area contributed by atoms with Crippen molar-refractivity contribution in [1.82, 2.24) is 9.97 Å². The molecule has 3 aromatic rings. The predicted octanol–water partition coefficient (Wildman–Crippen LogP) is 3.20. The van der Waals surface area contributed by atoms with Crippen LogP contribution in [0.15, 0.2) is 64.3 Å². The Morgan fingerprint density at radius 3 is 2.28 bits per heavy atom. The minimum Gasteiger partial charge on any atom is -0.307 e. The number of anilines is 1. The van der Waals surface area contributed by atoms with Crippen molar-refractivity contribution in [2.24, 2.45) is 0 Å². The number of halogens is 1. The third-order valence-corrected chi connectivity index (χ3v) is 5.05. The van der Waals surface area contributed by atoms with Crippen LogP contribution in [-0.2, 0) is 10.0 Å². The van der Waals surface area contributed by atoms with Gasteiger partial charge in [-0.25, -0.2) is 13.4 Å². The van der Waals surface area contributed by atoms with Crippen molar-refractivity contribution in [3.8, 4) is 11.4 Å². The van der Waals surface area contributed by atoms with E-state index in [0.717, 1.165) is 0 Å². The molecule has 0 radical (unpaired) electrons. The lowest BCUT2D eigenvalue weighted by atomic mass is 10.2. The number of hydrogen-bond acceptors (Lipinski definition) is 4. The predicted molar refractivity (Wildman–Crippen MR) is 97.3 cm³/mol. The normalized spacial score (nSPS) is 11.3. The van der Waals surface area contributed by atoms with Crippen molar-refractivity contribution in [1.29, 1.82) is 0 Å². The van der Waals surface area contributed by atoms with Gasteiger partial charge in [-0.1, -0.05) is 11.6 Å². The second kappa shape index (κ2) is 6.70. The maximum Gasteiger partial charge on any atom is 0.261 e. The highest BCUT2D eigenvalue weighted by molar-refractivity contribution is 7.92. The van der Waals surface area contributed by atoms with Gasteiger partial charge in [0, 0.05) is 28.0 Å². The highest BCUT2D eigenvalue weighted by Crippen LogP contribution is 2.21. The van der Waals surface area contributed by atoms with Gasteiger partial charge >= 0.3 is 0 Å². The number of sulfonamides is 1. The monoisotopic (exact) mass is 375 g/mol. The van der Waals surface area contributed by atoms with Gasteiger partial charge < -0.3 is 4.98 Å². The molecule has 0 amide bonds. The second-order valence-corrected chi connectivity index (χ2v) is 7.49. The first kappa shape index (κ1) is 17.2. The summed E-state index contributed by atoms with van der Waals surface area (Å²) in [6.07, 6.45) is 0. The molecule has 0 saturated carbocycles. The van der Waals surface area contributed by atoms with Gasteiger partial charge in [-0.2, -0.15) is 0 Å². The molecule has 1 heterocycles. The van der Waals surface area contributed by atoms with Crippen LogP contribution in [0.1, 0.15) is 5.69 Å². The zero-order chi connectivity index (χ0) is 18.0. The first-order chi connectivity index (χ1) is 11.8. The lowest BCUT2D eigenvalue weighted by molar-refractivity contribution is 0.601. The molecule has 1 aromatic heterocycles. The third-order valence-electron chi connectivity index (χ3n) is 3.40. The van der Waals surface area contributed by atoms with Gasteiger partial charge in [0.05, 0.1) is 4.90 Å². The van der Waals surface area contributed by atoms with Crippen molar-refractivity contribution in [3.05, 3.63) is 75.7 Å². The fraction of sp³-hybridized carbons (Fsp3) is 0.0588. The number of nitrogens with zero attached hydrogens (tertiary/aromatic N) is 1. The van der Waals surface area contributed by atoms with E-state index in [1.165, 1.54) is 30.3 Å². The minimum absolute atomic E-state index is 0.116. The Morgan fingerprint density at radius 1 is 1.04 bits per heavy atom. The maximum atomic E-state index is 12.3. The van der Waals surface area contributed by atoms with Gasteiger partial charge in [0.25, 0.3) is 15.6 Å². The zero-order valence-corrected chi connectivity index (χ0v) is 14.7. The number of H-pyrrole nitrogens is 1. The van der Waals surface area contributed by atoms with Gasteiger partial charge in [0.2, 0.25) is 0 Å². The topological polar surface area (TPSA) is 91.9 Å². The van der Waals surface area contributed by atoms with E-state index in [9.17, 15) is 13.2 Å². The van der Waals surface area contributed by atoms with Crippen LogP contribution in [0.5, 0.6) is 0 Å². The average Bonchev–Trinajstić information content (AvgIpc) is 2.54. The summed E-state index contributed by atoms with van der Waals surface area (Å²) >= 11 is 5.77. The van der Waals surface area contributed by atoms with Gasteiger partial charge in [0.15, 0.2) is 0 Å². The number of aryl methyl sites for hydroxylation is 1. The van der Waals surface area contributed by atoms with Crippen molar-refractivity contribution < 1.29 is 8.42 Å². The molecule has 8 heteroatoms. The molecule has 3 rings (SSSR count). The summed E-state index contributed by atoms with van der Waals surface area (Å²) in [6, 6.07) is 13.8. The highest BCUT2D eigenvalue weighted by atomic mass is 35.5. The molecular weight excluding hydrogens is 362 g/mol. The Morgan fingerprint density at radius 2 is 1.68 bits per heavy atom. The second-order valence-electron chi connectivity index (χ2n) is 5.37. The number of benzene rings is 2. The molecule has 0 atom stereocenters. The smallest absolute Gasteiger partial charge is 0.261 e. The Bertz CT molecular complexity index is 1060. The number of aromatic nitrogens is 2. The number of hydrogen-bond donors (Lipinski definition) is 2. The van der Waals surface area contributed by atoms with Crippen molar-refractivity contribution in [3.63, 3.8) is 0 Å². The van der Waals surface area contributed by atoms with Crippen LogP contribution in [-0.4, -0.2) is 18.4 Å². The number of rotatable bonds is 4. The Hall–Kier alpha value is -2.64. The Kier molecular flexibility index (Phi) is 4.61. The van der Waals surface area contributed by atoms with Gasteiger partial charge in [0.1, 0.15) is 5.82 Å². The van der Waals surface area contributed by atoms with E-state index in [2.05, 4.69) is 14.7 Å². The largest absolute Gasteiger partial charge is 0.307 e. The molecule has 25 heavy (non-hydrogen) atoms. The number of aromatic amines is 1. The van der Waals surface area contributed by atoms with E-state index in [4.69, 9.17) is 11.6 Å². The van der Waals surface area contributed by atoms with E-state index >= 15 is 0 Å². The molecule has 2 aromatic carbocycles. The molecule has 0 bridgehead atoms. The van der Waals surface area contributed by atoms with E-state index in [-0.39, 0.29) is 10.5 Å². The Balaban J connectivity index is 1.85. The molecule has 0 saturated heterocycles. The summed E-state index contributed by atoms with van der Waals surface area (Å²) in [4.78, 5) is 18.5. The minimum atomic E-state index is -3.70. The Labute approximate surface area is 149 Å². The van der Waals surface area contributed by atoms with Crippen LogP contribution in [0, 0.1) is 6.92 Å². The maximum absolute atomic E-state index is 12.3. The van der Waals surface area contributed by atoms with Crippen LogP contribution in [0.3, 0.4) is 0 Å². The van der Waals surface area contributed by atoms with Crippen LogP contribution >= 0.6 is 11.6 Å². The highest BCUT2D eigenvalue weighted by Gasteiger charge is 2.14. The molecule has 0 aliphatic rings. The van der Waals surface area contributed by atoms with Crippen LogP contribution in [0.4, 0.5) is 5.69 Å². The molecule has 0 aliphatic carbocycles. The molecule has 0 spiro atoms. The lowest BCUT2D eigenvalue weighted by Crippen LogP contribution is -2.12. The molecule has 0 unspecified atom stereocenters. The average molecular weight is 376 g/mol. The standard InChI is InChI=1S/C17H14ClN3O3S/c1-11-10-16(22)20-17(19-11)12-2-6-14(7-3-12)21-25(23,24)15-8-4-13(18)5-9-15/h2-10,21H,1H3,(H,19,20,22). The van der Waals surface area contributed by atoms with E-state index in [1.807, 2.05) is 0 Å². The first-order valence-electron chi connectivity index (χ1n) is 7.30. The summed E-state index contributed by atoms with van der Waals surface area (Å²) < 4.78 is 27.2. The third kappa shape index (κ3) is 4.07. The summed E-state index contributed by atoms with van der Waals surface area (Å²) in [6.45, 7) is 1.73. The van der Waals surface area contributed by atoms with Crippen LogP contribution in [0.2, 0.25) is 5.02 Å². The van der Waals surface area contributed by atoms with Crippen molar-refractivity contribution >= 4 is 27.3 Å². The van der Waals surface area contributed by atoms with Gasteiger partial charge in [-0.3, -0.25) is 9.52 Å². The van der Waals surface area contributed by atoms with Gasteiger partial charge in [-0.05, 0) is 55.5 Å². The van der Waals surface area contributed by atoms with Crippen molar-refractivity contribution in [2.45, 2.75) is 11.8 Å². The summed E-state index contributed by atoms with van der Waals surface area (Å²) in [5.41, 5.74) is 1.44. The lowest BCUT2D eigenvalue weighted by Gasteiger charge is -2.09. The number of nitrogens with one attached hydrogen (secondary N) is 2. The van der Waals surface area contributed by atoms with Crippen LogP contribution < -0.4 is 10.3 Å². The van der Waals surface area contributed by atoms with E-state index < -0.39 is 10.0 Å². The summed E-state index contributed by atoms with van der Waals surface area (Å²) in [5.74, 6) is 0.428. The first-order valence-corrected chi connectivity index (χ1v) is 9.16. The van der Waals surface area contributed by atoms with Gasteiger partial charge in [-0.15, -0.1) is 0 Å². The van der Waals surface area contributed by atoms with E-state index in [0.29, 0.717) is 27.8 Å². The summed E-state index contributed by atoms with van der Waals surface area (Å²) in [7, 11) is -3.70. The fourth-order valence-electron chi connectivity index (χ4n) is 2.24. The quantitative estimate of drug-likeness (QED) is 0.732. The molecular formula is C17H14ClN3O3S. The molecule has 2 N–H and O–H groups in total. The molecule has 6 nitrogen and oxygen atoms in total. The molecule has 128 valence electrons. The molecule has 0 aliphatic heterocycles. The summed E-state index contributed by atoms with van der Waals surface area (Å²) in [5, 5.41) is 0.461. The SMILES string of the molecule is Cc1cc(=O)[nH]c(-c2ccc(NS(=O)(=O)c3ccc(Cl)cc3)cc2)n1. The van der Waals surface area contributed by atoms with Crippen LogP contribution in [0.25, 0.3) is 11.4 Å². The molecule has 0 fully saturated rings. The zero-order valence-electron chi connectivity index (χ0n) is 13.2.